The zero-order valence-corrected chi connectivity index (χ0v) is 9.94. The highest BCUT2D eigenvalue weighted by molar-refractivity contribution is 6.34. The van der Waals surface area contributed by atoms with E-state index in [0.717, 1.165) is 0 Å². The van der Waals surface area contributed by atoms with Crippen LogP contribution in [0.25, 0.3) is 0 Å². The van der Waals surface area contributed by atoms with Gasteiger partial charge in [-0.3, -0.25) is 9.78 Å². The molecule has 0 atom stereocenters. The first-order valence-corrected chi connectivity index (χ1v) is 5.39. The molecule has 2 aromatic rings. The Morgan fingerprint density at radius 3 is 2.71 bits per heavy atom. The highest BCUT2D eigenvalue weighted by Crippen LogP contribution is 2.24. The van der Waals surface area contributed by atoms with Gasteiger partial charge < -0.3 is 4.74 Å². The molecule has 0 aliphatic rings. The van der Waals surface area contributed by atoms with Crippen LogP contribution in [0, 0.1) is 0 Å². The SMILES string of the molecule is COc1ccccc1C(=O)c1ccncc1Cl. The van der Waals surface area contributed by atoms with Gasteiger partial charge in [-0.15, -0.1) is 0 Å². The van der Waals surface area contributed by atoms with E-state index in [0.29, 0.717) is 21.9 Å². The average molecular weight is 248 g/mol. The van der Waals surface area contributed by atoms with Gasteiger partial charge in [0.2, 0.25) is 0 Å². The molecule has 2 rings (SSSR count). The minimum absolute atomic E-state index is 0.171. The molecule has 0 bridgehead atoms. The highest BCUT2D eigenvalue weighted by Gasteiger charge is 2.16. The lowest BCUT2D eigenvalue weighted by atomic mass is 10.0. The van der Waals surface area contributed by atoms with Gasteiger partial charge in [0.15, 0.2) is 5.78 Å². The van der Waals surface area contributed by atoms with Gasteiger partial charge in [-0.1, -0.05) is 23.7 Å². The summed E-state index contributed by atoms with van der Waals surface area (Å²) in [7, 11) is 1.53. The molecular weight excluding hydrogens is 238 g/mol. The molecule has 0 unspecified atom stereocenters. The van der Waals surface area contributed by atoms with Crippen LogP contribution in [0.4, 0.5) is 0 Å². The fraction of sp³-hybridized carbons (Fsp3) is 0.0769. The third kappa shape index (κ3) is 2.29. The van der Waals surface area contributed by atoms with E-state index in [1.54, 1.807) is 24.3 Å². The van der Waals surface area contributed by atoms with Crippen molar-refractivity contribution >= 4 is 17.4 Å². The number of hydrogen-bond acceptors (Lipinski definition) is 3. The van der Waals surface area contributed by atoms with E-state index < -0.39 is 0 Å². The standard InChI is InChI=1S/C13H10ClNO2/c1-17-12-5-3-2-4-10(12)13(16)9-6-7-15-8-11(9)14/h2-8H,1H3. The molecule has 0 aliphatic heterocycles. The number of pyridine rings is 1. The average Bonchev–Trinajstić information content (AvgIpc) is 2.38. The van der Waals surface area contributed by atoms with Crippen molar-refractivity contribution in [1.82, 2.24) is 4.98 Å². The molecule has 0 spiro atoms. The molecule has 3 nitrogen and oxygen atoms in total. The Hall–Kier alpha value is -1.87. The van der Waals surface area contributed by atoms with E-state index in [-0.39, 0.29) is 5.78 Å². The predicted molar refractivity (Wildman–Crippen MR) is 65.7 cm³/mol. The number of benzene rings is 1. The van der Waals surface area contributed by atoms with Gasteiger partial charge in [-0.2, -0.15) is 0 Å². The van der Waals surface area contributed by atoms with E-state index in [9.17, 15) is 4.79 Å². The van der Waals surface area contributed by atoms with Gasteiger partial charge in [0.05, 0.1) is 17.7 Å². The van der Waals surface area contributed by atoms with E-state index >= 15 is 0 Å². The summed E-state index contributed by atoms with van der Waals surface area (Å²) in [6.07, 6.45) is 2.98. The summed E-state index contributed by atoms with van der Waals surface area (Å²) in [6.45, 7) is 0. The summed E-state index contributed by atoms with van der Waals surface area (Å²) in [6, 6.07) is 8.63. The number of carbonyl (C=O) groups excluding carboxylic acids is 1. The van der Waals surface area contributed by atoms with Crippen molar-refractivity contribution in [2.75, 3.05) is 7.11 Å². The Balaban J connectivity index is 2.48. The van der Waals surface area contributed by atoms with Gasteiger partial charge in [0.25, 0.3) is 0 Å². The van der Waals surface area contributed by atoms with Crippen LogP contribution >= 0.6 is 11.6 Å². The number of rotatable bonds is 3. The van der Waals surface area contributed by atoms with Gasteiger partial charge in [-0.05, 0) is 18.2 Å². The lowest BCUT2D eigenvalue weighted by Crippen LogP contribution is -2.04. The maximum atomic E-state index is 12.3. The minimum atomic E-state index is -0.171. The third-order valence-corrected chi connectivity index (χ3v) is 2.67. The van der Waals surface area contributed by atoms with Crippen molar-refractivity contribution in [1.29, 1.82) is 0 Å². The van der Waals surface area contributed by atoms with Crippen molar-refractivity contribution in [2.45, 2.75) is 0 Å². The maximum Gasteiger partial charge on any atom is 0.198 e. The number of ether oxygens (including phenoxy) is 1. The van der Waals surface area contributed by atoms with Crippen LogP contribution in [0.2, 0.25) is 5.02 Å². The van der Waals surface area contributed by atoms with Crippen molar-refractivity contribution in [3.8, 4) is 5.75 Å². The molecule has 1 aromatic carbocycles. The highest BCUT2D eigenvalue weighted by atomic mass is 35.5. The molecular formula is C13H10ClNO2. The normalized spacial score (nSPS) is 10.0. The molecule has 86 valence electrons. The largest absolute Gasteiger partial charge is 0.496 e. The second-order valence-corrected chi connectivity index (χ2v) is 3.79. The molecule has 0 amide bonds. The van der Waals surface area contributed by atoms with Gasteiger partial charge in [-0.25, -0.2) is 0 Å². The Morgan fingerprint density at radius 2 is 2.00 bits per heavy atom. The molecule has 0 saturated carbocycles. The van der Waals surface area contributed by atoms with Crippen molar-refractivity contribution < 1.29 is 9.53 Å². The number of ketones is 1. The third-order valence-electron chi connectivity index (χ3n) is 2.37. The van der Waals surface area contributed by atoms with E-state index in [4.69, 9.17) is 16.3 Å². The van der Waals surface area contributed by atoms with Gasteiger partial charge >= 0.3 is 0 Å². The maximum absolute atomic E-state index is 12.3. The van der Waals surface area contributed by atoms with Crippen molar-refractivity contribution in [3.05, 3.63) is 58.9 Å². The van der Waals surface area contributed by atoms with Crippen molar-refractivity contribution in [2.24, 2.45) is 0 Å². The lowest BCUT2D eigenvalue weighted by Gasteiger charge is -2.07. The van der Waals surface area contributed by atoms with Gasteiger partial charge in [0.1, 0.15) is 5.75 Å². The number of nitrogens with zero attached hydrogens (tertiary/aromatic N) is 1. The summed E-state index contributed by atoms with van der Waals surface area (Å²) >= 11 is 5.94. The first-order chi connectivity index (χ1) is 8.24. The molecule has 0 saturated heterocycles. The summed E-state index contributed by atoms with van der Waals surface area (Å²) < 4.78 is 5.15. The smallest absolute Gasteiger partial charge is 0.198 e. The fourth-order valence-electron chi connectivity index (χ4n) is 1.54. The van der Waals surface area contributed by atoms with Crippen LogP contribution < -0.4 is 4.74 Å². The Labute approximate surface area is 104 Å². The predicted octanol–water partition coefficient (Wildman–Crippen LogP) is 2.97. The number of hydrogen-bond donors (Lipinski definition) is 0. The summed E-state index contributed by atoms with van der Waals surface area (Å²) in [5.41, 5.74) is 0.911. The Kier molecular flexibility index (Phi) is 3.40. The van der Waals surface area contributed by atoms with E-state index in [1.807, 2.05) is 6.07 Å². The number of methoxy groups -OCH3 is 1. The monoisotopic (exact) mass is 247 g/mol. The molecule has 0 aliphatic carbocycles. The molecule has 17 heavy (non-hydrogen) atoms. The quantitative estimate of drug-likeness (QED) is 0.783. The number of aromatic nitrogens is 1. The molecule has 0 N–H and O–H groups in total. The first kappa shape index (κ1) is 11.6. The summed E-state index contributed by atoms with van der Waals surface area (Å²) in [5, 5.41) is 0.336. The Bertz CT molecular complexity index is 555. The van der Waals surface area contributed by atoms with E-state index in [1.165, 1.54) is 19.5 Å². The van der Waals surface area contributed by atoms with Crippen LogP contribution in [-0.4, -0.2) is 17.9 Å². The van der Waals surface area contributed by atoms with E-state index in [2.05, 4.69) is 4.98 Å². The molecule has 0 radical (unpaired) electrons. The van der Waals surface area contributed by atoms with Crippen LogP contribution in [0.15, 0.2) is 42.7 Å². The summed E-state index contributed by atoms with van der Waals surface area (Å²) in [4.78, 5) is 16.1. The van der Waals surface area contributed by atoms with Crippen LogP contribution in [-0.2, 0) is 0 Å². The van der Waals surface area contributed by atoms with Crippen LogP contribution in [0.5, 0.6) is 5.75 Å². The number of carbonyl (C=O) groups is 1. The Morgan fingerprint density at radius 1 is 1.24 bits per heavy atom. The fourth-order valence-corrected chi connectivity index (χ4v) is 1.74. The van der Waals surface area contributed by atoms with Crippen LogP contribution in [0.1, 0.15) is 15.9 Å². The first-order valence-electron chi connectivity index (χ1n) is 5.01. The number of para-hydroxylation sites is 1. The second kappa shape index (κ2) is 4.97. The van der Waals surface area contributed by atoms with Crippen molar-refractivity contribution in [3.63, 3.8) is 0 Å². The molecule has 4 heteroatoms. The van der Waals surface area contributed by atoms with Crippen LogP contribution in [0.3, 0.4) is 0 Å². The minimum Gasteiger partial charge on any atom is -0.496 e. The summed E-state index contributed by atoms with van der Waals surface area (Å²) in [5.74, 6) is 0.361. The number of halogens is 1. The van der Waals surface area contributed by atoms with Gasteiger partial charge in [0, 0.05) is 18.0 Å². The second-order valence-electron chi connectivity index (χ2n) is 3.38. The zero-order valence-electron chi connectivity index (χ0n) is 9.18. The zero-order chi connectivity index (χ0) is 12.3. The molecule has 1 heterocycles. The molecule has 1 aromatic heterocycles. The topological polar surface area (TPSA) is 39.2 Å². The molecule has 0 fully saturated rings. The lowest BCUT2D eigenvalue weighted by molar-refractivity contribution is 0.103.